The van der Waals surface area contributed by atoms with Gasteiger partial charge in [-0.05, 0) is 70.5 Å². The normalized spacial score (nSPS) is 26.5. The number of nitrogens with two attached hydrogens (primary N) is 1. The predicted octanol–water partition coefficient (Wildman–Crippen LogP) is 2.09. The standard InChI is InChI=1S/C22H37F2N5O4.C9H10O/c1-4-33-16-9-15-10-29(17(19(25)30)12-28(15)11-16)21(32)18(27-20(31)13(2)26-3)14-5-7-22(23,24)8-6-14;1-2-6-9-8(4-1)5-3-7-10-9/h13-18,26H,4-12H2,1-3H3,(H2,25,30)(H,27,31);1-2,4,6H,3,5,7H2. The number of piperazine rings is 1. The molecule has 3 amide bonds. The summed E-state index contributed by atoms with van der Waals surface area (Å²) in [7, 11) is 1.62. The summed E-state index contributed by atoms with van der Waals surface area (Å²) in [4.78, 5) is 42.3. The molecule has 0 spiro atoms. The summed E-state index contributed by atoms with van der Waals surface area (Å²) in [6.07, 6.45) is 2.68. The maximum atomic E-state index is 13.8. The number of carbonyl (C=O) groups is 3. The largest absolute Gasteiger partial charge is 0.493 e. The third-order valence-electron chi connectivity index (χ3n) is 9.14. The number of likely N-dealkylation sites (N-methyl/N-ethyl adjacent to an activating group) is 1. The highest BCUT2D eigenvalue weighted by Gasteiger charge is 2.48. The van der Waals surface area contributed by atoms with Crippen molar-refractivity contribution in [1.82, 2.24) is 20.4 Å². The van der Waals surface area contributed by atoms with Crippen molar-refractivity contribution >= 4 is 17.7 Å². The first kappa shape index (κ1) is 33.1. The molecule has 3 fully saturated rings. The van der Waals surface area contributed by atoms with Crippen LogP contribution < -0.4 is 21.1 Å². The summed E-state index contributed by atoms with van der Waals surface area (Å²) in [6, 6.07) is 5.88. The highest BCUT2D eigenvalue weighted by molar-refractivity contribution is 5.93. The Morgan fingerprint density at radius 3 is 2.53 bits per heavy atom. The van der Waals surface area contributed by atoms with E-state index in [0.717, 1.165) is 25.2 Å². The van der Waals surface area contributed by atoms with Crippen LogP contribution in [0.2, 0.25) is 0 Å². The molecular formula is C31H47F2N5O5. The number of nitrogens with one attached hydrogen (secondary N) is 2. The Bertz CT molecular complexity index is 1090. The Balaban J connectivity index is 0.000000353. The number of carbonyl (C=O) groups excluding carboxylic acids is 3. The molecule has 0 radical (unpaired) electrons. The Morgan fingerprint density at radius 1 is 1.16 bits per heavy atom. The van der Waals surface area contributed by atoms with Gasteiger partial charge in [0.25, 0.3) is 0 Å². The zero-order valence-electron chi connectivity index (χ0n) is 25.5. The molecule has 1 aromatic rings. The van der Waals surface area contributed by atoms with E-state index < -0.39 is 41.8 Å². The maximum Gasteiger partial charge on any atom is 0.248 e. The van der Waals surface area contributed by atoms with Crippen molar-refractivity contribution in [1.29, 1.82) is 0 Å². The van der Waals surface area contributed by atoms with Crippen LogP contribution in [0.3, 0.4) is 0 Å². The van der Waals surface area contributed by atoms with Gasteiger partial charge in [-0.3, -0.25) is 19.3 Å². The van der Waals surface area contributed by atoms with E-state index in [9.17, 15) is 23.2 Å². The predicted molar refractivity (Wildman–Crippen MR) is 158 cm³/mol. The lowest BCUT2D eigenvalue weighted by Gasteiger charge is -2.44. The highest BCUT2D eigenvalue weighted by Crippen LogP contribution is 2.38. The second-order valence-corrected chi connectivity index (χ2v) is 12.1. The first-order valence-electron chi connectivity index (χ1n) is 15.5. The van der Waals surface area contributed by atoms with Crippen LogP contribution in [-0.2, 0) is 25.5 Å². The number of nitrogens with zero attached hydrogens (tertiary/aromatic N) is 2. The van der Waals surface area contributed by atoms with Gasteiger partial charge in [0.1, 0.15) is 17.8 Å². The molecular weight excluding hydrogens is 560 g/mol. The number of amides is 3. The smallest absolute Gasteiger partial charge is 0.248 e. The Kier molecular flexibility index (Phi) is 11.4. The highest BCUT2D eigenvalue weighted by atomic mass is 19.3. The summed E-state index contributed by atoms with van der Waals surface area (Å²) in [5.41, 5.74) is 7.02. The van der Waals surface area contributed by atoms with Gasteiger partial charge < -0.3 is 30.7 Å². The van der Waals surface area contributed by atoms with Crippen molar-refractivity contribution in [3.8, 4) is 5.75 Å². The fourth-order valence-corrected chi connectivity index (χ4v) is 6.53. The van der Waals surface area contributed by atoms with E-state index in [1.54, 1.807) is 14.0 Å². The molecule has 1 aromatic carbocycles. The minimum atomic E-state index is -2.76. The molecule has 12 heteroatoms. The van der Waals surface area contributed by atoms with E-state index in [-0.39, 0.29) is 50.3 Å². The van der Waals surface area contributed by atoms with Gasteiger partial charge in [-0.1, -0.05) is 18.2 Å². The molecule has 0 bridgehead atoms. The number of alkyl halides is 2. The van der Waals surface area contributed by atoms with Crippen molar-refractivity contribution < 1.29 is 32.6 Å². The van der Waals surface area contributed by atoms with Crippen LogP contribution in [0.15, 0.2) is 24.3 Å². The zero-order valence-corrected chi connectivity index (χ0v) is 25.5. The first-order valence-corrected chi connectivity index (χ1v) is 15.5. The quantitative estimate of drug-likeness (QED) is 0.413. The molecule has 5 rings (SSSR count). The van der Waals surface area contributed by atoms with Crippen LogP contribution in [0.5, 0.6) is 5.75 Å². The molecule has 2 saturated heterocycles. The minimum Gasteiger partial charge on any atom is -0.493 e. The van der Waals surface area contributed by atoms with Crippen LogP contribution in [0.25, 0.3) is 0 Å². The molecule has 5 atom stereocenters. The molecule has 240 valence electrons. The summed E-state index contributed by atoms with van der Waals surface area (Å²) < 4.78 is 38.7. The van der Waals surface area contributed by atoms with Gasteiger partial charge in [0, 0.05) is 45.1 Å². The molecule has 1 aliphatic carbocycles. The van der Waals surface area contributed by atoms with Crippen molar-refractivity contribution in [2.75, 3.05) is 39.9 Å². The Morgan fingerprint density at radius 2 is 1.88 bits per heavy atom. The average molecular weight is 608 g/mol. The Labute approximate surface area is 253 Å². The van der Waals surface area contributed by atoms with E-state index in [2.05, 4.69) is 27.7 Å². The SMILES string of the molecule is CCOC1CC2CN(C(=O)C(NC(=O)C(C)NC)C3CCC(F)(F)CC3)C(C(N)=O)CN2C1.c1ccc2c(c1)CCCO2. The van der Waals surface area contributed by atoms with E-state index in [0.29, 0.717) is 19.7 Å². The van der Waals surface area contributed by atoms with Crippen molar-refractivity contribution in [2.45, 2.75) is 95.0 Å². The maximum absolute atomic E-state index is 13.8. The third kappa shape index (κ3) is 8.42. The fraction of sp³-hybridized carbons (Fsp3) is 0.710. The molecule has 4 aliphatic rings. The summed E-state index contributed by atoms with van der Waals surface area (Å²) in [5, 5.41) is 5.61. The van der Waals surface area contributed by atoms with Crippen LogP contribution >= 0.6 is 0 Å². The number of ether oxygens (including phenoxy) is 2. The molecule has 0 aromatic heterocycles. The monoisotopic (exact) mass is 607 g/mol. The van der Waals surface area contributed by atoms with Crippen LogP contribution in [0.1, 0.15) is 57.9 Å². The average Bonchev–Trinajstić information content (AvgIpc) is 3.40. The first-order chi connectivity index (χ1) is 20.5. The van der Waals surface area contributed by atoms with Gasteiger partial charge in [-0.25, -0.2) is 8.78 Å². The number of fused-ring (bicyclic) bond motifs is 2. The molecule has 5 unspecified atom stereocenters. The van der Waals surface area contributed by atoms with Crippen LogP contribution in [0, 0.1) is 5.92 Å². The van der Waals surface area contributed by atoms with Crippen molar-refractivity contribution in [3.05, 3.63) is 29.8 Å². The molecule has 43 heavy (non-hydrogen) atoms. The number of benzene rings is 1. The number of halogens is 2. The molecule has 10 nitrogen and oxygen atoms in total. The molecule has 1 saturated carbocycles. The zero-order chi connectivity index (χ0) is 31.1. The molecule has 4 N–H and O–H groups in total. The van der Waals surface area contributed by atoms with Crippen molar-refractivity contribution in [3.63, 3.8) is 0 Å². The lowest BCUT2D eigenvalue weighted by molar-refractivity contribution is -0.149. The lowest BCUT2D eigenvalue weighted by Crippen LogP contribution is -2.66. The topological polar surface area (TPSA) is 126 Å². The van der Waals surface area contributed by atoms with Gasteiger partial charge in [0.15, 0.2) is 0 Å². The summed E-state index contributed by atoms with van der Waals surface area (Å²) in [6.45, 7) is 6.30. The number of primary amides is 1. The minimum absolute atomic E-state index is 0.0179. The van der Waals surface area contributed by atoms with E-state index >= 15 is 0 Å². The van der Waals surface area contributed by atoms with E-state index in [4.69, 9.17) is 15.2 Å². The Hall–Kier alpha value is -2.83. The van der Waals surface area contributed by atoms with Crippen molar-refractivity contribution in [2.24, 2.45) is 11.7 Å². The number of rotatable bonds is 8. The molecule has 3 heterocycles. The van der Waals surface area contributed by atoms with E-state index in [1.165, 1.54) is 16.9 Å². The second-order valence-electron chi connectivity index (χ2n) is 12.1. The van der Waals surface area contributed by atoms with Crippen LogP contribution in [-0.4, -0.2) is 104 Å². The van der Waals surface area contributed by atoms with Gasteiger partial charge in [-0.15, -0.1) is 0 Å². The van der Waals surface area contributed by atoms with Gasteiger partial charge >= 0.3 is 0 Å². The third-order valence-corrected chi connectivity index (χ3v) is 9.14. The summed E-state index contributed by atoms with van der Waals surface area (Å²) in [5.74, 6) is -3.55. The van der Waals surface area contributed by atoms with Gasteiger partial charge in [0.2, 0.25) is 23.6 Å². The summed E-state index contributed by atoms with van der Waals surface area (Å²) >= 11 is 0. The van der Waals surface area contributed by atoms with Gasteiger partial charge in [-0.2, -0.15) is 0 Å². The second kappa shape index (κ2) is 14.8. The fourth-order valence-electron chi connectivity index (χ4n) is 6.53. The number of aryl methyl sites for hydroxylation is 1. The number of hydrogen-bond acceptors (Lipinski definition) is 7. The number of hydrogen-bond donors (Lipinski definition) is 3. The number of para-hydroxylation sites is 1. The van der Waals surface area contributed by atoms with Crippen LogP contribution in [0.4, 0.5) is 8.78 Å². The molecule has 3 aliphatic heterocycles. The van der Waals surface area contributed by atoms with E-state index in [1.807, 2.05) is 19.1 Å². The van der Waals surface area contributed by atoms with Gasteiger partial charge in [0.05, 0.1) is 18.8 Å². The lowest BCUT2D eigenvalue weighted by atomic mass is 9.81.